The number of carbonyl (C=O) groups is 1. The minimum Gasteiger partial charge on any atom is -0.338 e. The molecule has 0 aliphatic carbocycles. The highest BCUT2D eigenvalue weighted by Crippen LogP contribution is 2.32. The molecule has 2 aliphatic heterocycles. The Morgan fingerprint density at radius 3 is 2.25 bits per heavy atom. The monoisotopic (exact) mass is 321 g/mol. The summed E-state index contributed by atoms with van der Waals surface area (Å²) in [6.45, 7) is 7.10. The summed E-state index contributed by atoms with van der Waals surface area (Å²) in [6, 6.07) is 12.4. The zero-order valence-corrected chi connectivity index (χ0v) is 14.1. The fourth-order valence-corrected chi connectivity index (χ4v) is 4.01. The summed E-state index contributed by atoms with van der Waals surface area (Å²) in [7, 11) is 0. The fraction of sp³-hybridized carbons (Fsp3) is 0.400. The van der Waals surface area contributed by atoms with Gasteiger partial charge in [-0.05, 0) is 36.5 Å². The molecule has 4 nitrogen and oxygen atoms in total. The Kier molecular flexibility index (Phi) is 4.07. The summed E-state index contributed by atoms with van der Waals surface area (Å²) in [5.41, 5.74) is 3.44. The molecule has 24 heavy (non-hydrogen) atoms. The largest absolute Gasteiger partial charge is 0.338 e. The van der Waals surface area contributed by atoms with Crippen LogP contribution < -0.4 is 0 Å². The van der Waals surface area contributed by atoms with Gasteiger partial charge in [0.1, 0.15) is 0 Å². The predicted molar refractivity (Wildman–Crippen MR) is 93.6 cm³/mol. The number of nitrogens with zero attached hydrogens (tertiary/aromatic N) is 3. The molecule has 124 valence electrons. The maximum Gasteiger partial charge on any atom is 0.253 e. The van der Waals surface area contributed by atoms with Crippen molar-refractivity contribution in [3.05, 3.63) is 65.5 Å². The lowest BCUT2D eigenvalue weighted by molar-refractivity contribution is 0.0773. The van der Waals surface area contributed by atoms with E-state index >= 15 is 0 Å². The average Bonchev–Trinajstić information content (AvgIpc) is 3.15. The molecule has 2 aliphatic rings. The van der Waals surface area contributed by atoms with Crippen molar-refractivity contribution < 1.29 is 4.79 Å². The van der Waals surface area contributed by atoms with E-state index in [1.165, 1.54) is 11.1 Å². The molecule has 1 aromatic heterocycles. The number of likely N-dealkylation sites (tertiary alicyclic amines) is 2. The Hall–Kier alpha value is -2.20. The molecule has 2 atom stereocenters. The van der Waals surface area contributed by atoms with Gasteiger partial charge in [-0.15, -0.1) is 0 Å². The number of carbonyl (C=O) groups excluding carboxylic acids is 1. The summed E-state index contributed by atoms with van der Waals surface area (Å²) in [4.78, 5) is 21.1. The molecule has 0 saturated carbocycles. The van der Waals surface area contributed by atoms with Gasteiger partial charge in [-0.1, -0.05) is 29.8 Å². The Morgan fingerprint density at radius 1 is 1.00 bits per heavy atom. The van der Waals surface area contributed by atoms with Crippen molar-refractivity contribution in [2.45, 2.75) is 13.5 Å². The third-order valence-electron chi connectivity index (χ3n) is 5.30. The summed E-state index contributed by atoms with van der Waals surface area (Å²) in [5.74, 6) is 1.37. The van der Waals surface area contributed by atoms with Crippen molar-refractivity contribution in [2.75, 3.05) is 26.2 Å². The van der Waals surface area contributed by atoms with E-state index in [4.69, 9.17) is 0 Å². The molecule has 4 heteroatoms. The van der Waals surface area contributed by atoms with Crippen LogP contribution in [0.2, 0.25) is 0 Å². The third kappa shape index (κ3) is 3.06. The van der Waals surface area contributed by atoms with Crippen LogP contribution in [0.1, 0.15) is 21.5 Å². The van der Waals surface area contributed by atoms with E-state index in [2.05, 4.69) is 41.1 Å². The van der Waals surface area contributed by atoms with Gasteiger partial charge in [0.15, 0.2) is 0 Å². The van der Waals surface area contributed by atoms with Crippen LogP contribution >= 0.6 is 0 Å². The van der Waals surface area contributed by atoms with E-state index < -0.39 is 0 Å². The first-order valence-electron chi connectivity index (χ1n) is 8.66. The smallest absolute Gasteiger partial charge is 0.253 e. The van der Waals surface area contributed by atoms with Gasteiger partial charge in [0, 0.05) is 50.7 Å². The Balaban J connectivity index is 1.35. The Bertz CT molecular complexity index is 699. The predicted octanol–water partition coefficient (Wildman–Crippen LogP) is 2.59. The number of aryl methyl sites for hydroxylation is 1. The molecule has 2 fully saturated rings. The van der Waals surface area contributed by atoms with E-state index in [-0.39, 0.29) is 5.91 Å². The van der Waals surface area contributed by atoms with Gasteiger partial charge >= 0.3 is 0 Å². The first kappa shape index (κ1) is 15.3. The lowest BCUT2D eigenvalue weighted by Gasteiger charge is -2.21. The number of rotatable bonds is 3. The van der Waals surface area contributed by atoms with Gasteiger partial charge in [-0.25, -0.2) is 0 Å². The summed E-state index contributed by atoms with van der Waals surface area (Å²) >= 11 is 0. The normalized spacial score (nSPS) is 23.5. The molecular formula is C20H23N3O. The first-order chi connectivity index (χ1) is 11.7. The van der Waals surface area contributed by atoms with Gasteiger partial charge in [0.2, 0.25) is 0 Å². The van der Waals surface area contributed by atoms with E-state index in [0.29, 0.717) is 11.8 Å². The third-order valence-corrected chi connectivity index (χ3v) is 5.30. The average molecular weight is 321 g/mol. The number of hydrogen-bond donors (Lipinski definition) is 0. The van der Waals surface area contributed by atoms with Crippen molar-refractivity contribution in [2.24, 2.45) is 11.8 Å². The standard InChI is InChI=1S/C20H23N3O/c1-15-2-4-16(5-3-15)10-22-11-18-13-23(14-19(18)12-22)20(24)17-6-8-21-9-7-17/h2-9,18-19H,10-14H2,1H3/t18-,19+. The molecule has 0 unspecified atom stereocenters. The summed E-state index contributed by atoms with van der Waals surface area (Å²) in [6.07, 6.45) is 3.38. The first-order valence-corrected chi connectivity index (χ1v) is 8.66. The highest BCUT2D eigenvalue weighted by molar-refractivity contribution is 5.94. The van der Waals surface area contributed by atoms with Crippen molar-refractivity contribution in [1.82, 2.24) is 14.8 Å². The van der Waals surface area contributed by atoms with E-state index in [1.54, 1.807) is 24.5 Å². The Labute approximate surface area is 143 Å². The maximum atomic E-state index is 12.6. The summed E-state index contributed by atoms with van der Waals surface area (Å²) in [5, 5.41) is 0. The zero-order valence-electron chi connectivity index (χ0n) is 14.1. The minimum absolute atomic E-state index is 0.150. The van der Waals surface area contributed by atoms with E-state index in [1.807, 2.05) is 4.90 Å². The van der Waals surface area contributed by atoms with Crippen molar-refractivity contribution in [3.63, 3.8) is 0 Å². The number of benzene rings is 1. The second-order valence-corrected chi connectivity index (χ2v) is 7.15. The van der Waals surface area contributed by atoms with Crippen LogP contribution in [0.4, 0.5) is 0 Å². The molecule has 4 rings (SSSR count). The van der Waals surface area contributed by atoms with Gasteiger partial charge < -0.3 is 4.90 Å². The second kappa shape index (κ2) is 6.36. The number of amides is 1. The lowest BCUT2D eigenvalue weighted by atomic mass is 10.0. The molecule has 2 saturated heterocycles. The van der Waals surface area contributed by atoms with Crippen LogP contribution in [0.3, 0.4) is 0 Å². The van der Waals surface area contributed by atoms with Crippen LogP contribution in [0.25, 0.3) is 0 Å². The Morgan fingerprint density at radius 2 is 1.62 bits per heavy atom. The zero-order chi connectivity index (χ0) is 16.5. The quantitative estimate of drug-likeness (QED) is 0.872. The fourth-order valence-electron chi connectivity index (χ4n) is 4.01. The molecular weight excluding hydrogens is 298 g/mol. The minimum atomic E-state index is 0.150. The van der Waals surface area contributed by atoms with E-state index in [0.717, 1.165) is 38.3 Å². The van der Waals surface area contributed by atoms with Crippen LogP contribution in [-0.2, 0) is 6.54 Å². The molecule has 2 aromatic rings. The highest BCUT2D eigenvalue weighted by Gasteiger charge is 2.41. The number of pyridine rings is 1. The highest BCUT2D eigenvalue weighted by atomic mass is 16.2. The maximum absolute atomic E-state index is 12.6. The molecule has 0 N–H and O–H groups in total. The molecule has 1 amide bonds. The summed E-state index contributed by atoms with van der Waals surface area (Å²) < 4.78 is 0. The SMILES string of the molecule is Cc1ccc(CN2C[C@@H]3CN(C(=O)c4ccncc4)C[C@@H]3C2)cc1. The number of aromatic nitrogens is 1. The van der Waals surface area contributed by atoms with Crippen molar-refractivity contribution in [3.8, 4) is 0 Å². The van der Waals surface area contributed by atoms with Crippen LogP contribution in [0.15, 0.2) is 48.8 Å². The molecule has 0 radical (unpaired) electrons. The van der Waals surface area contributed by atoms with Gasteiger partial charge in [0.25, 0.3) is 5.91 Å². The van der Waals surface area contributed by atoms with Gasteiger partial charge in [0.05, 0.1) is 0 Å². The molecule has 1 aromatic carbocycles. The van der Waals surface area contributed by atoms with Crippen LogP contribution in [0, 0.1) is 18.8 Å². The van der Waals surface area contributed by atoms with Crippen molar-refractivity contribution in [1.29, 1.82) is 0 Å². The van der Waals surface area contributed by atoms with Gasteiger partial charge in [-0.3, -0.25) is 14.7 Å². The van der Waals surface area contributed by atoms with Crippen LogP contribution in [0.5, 0.6) is 0 Å². The van der Waals surface area contributed by atoms with E-state index in [9.17, 15) is 4.79 Å². The lowest BCUT2D eigenvalue weighted by Crippen LogP contribution is -2.33. The molecule has 3 heterocycles. The number of fused-ring (bicyclic) bond motifs is 1. The molecule has 0 bridgehead atoms. The van der Waals surface area contributed by atoms with Crippen molar-refractivity contribution >= 4 is 5.91 Å². The molecule has 0 spiro atoms. The number of hydrogen-bond acceptors (Lipinski definition) is 3. The van der Waals surface area contributed by atoms with Gasteiger partial charge in [-0.2, -0.15) is 0 Å². The topological polar surface area (TPSA) is 36.4 Å². The van der Waals surface area contributed by atoms with Crippen LogP contribution in [-0.4, -0.2) is 46.9 Å². The second-order valence-electron chi connectivity index (χ2n) is 7.15.